The summed E-state index contributed by atoms with van der Waals surface area (Å²) in [6.07, 6.45) is 5.05. The molecule has 0 unspecified atom stereocenters. The third-order valence-electron chi connectivity index (χ3n) is 2.45. The quantitative estimate of drug-likeness (QED) is 0.559. The lowest BCUT2D eigenvalue weighted by Crippen LogP contribution is -2.24. The van der Waals surface area contributed by atoms with Crippen molar-refractivity contribution in [1.82, 2.24) is 9.78 Å². The Kier molecular flexibility index (Phi) is 7.22. The number of aryl methyl sites for hydroxylation is 1. The Morgan fingerprint density at radius 1 is 1.58 bits per heavy atom. The second-order valence-corrected chi connectivity index (χ2v) is 4.39. The maximum Gasteiger partial charge on any atom is 0.287 e. The zero-order valence-electron chi connectivity index (χ0n) is 11.2. The number of hydrogen-bond acceptors (Lipinski definition) is 4. The fraction of sp³-hybridized carbons (Fsp3) is 0.538. The molecule has 0 saturated carbocycles. The number of hydrogen-bond donors (Lipinski definition) is 1. The summed E-state index contributed by atoms with van der Waals surface area (Å²) in [5, 5.41) is 7.28. The molecule has 0 bridgehead atoms. The fourth-order valence-electron chi connectivity index (χ4n) is 1.49. The van der Waals surface area contributed by atoms with Gasteiger partial charge in [-0.2, -0.15) is 5.10 Å². The van der Waals surface area contributed by atoms with Crippen molar-refractivity contribution in [3.8, 4) is 0 Å². The highest BCUT2D eigenvalue weighted by atomic mass is 35.5. The van der Waals surface area contributed by atoms with E-state index in [-0.39, 0.29) is 10.6 Å². The van der Waals surface area contributed by atoms with Crippen LogP contribution in [0.3, 0.4) is 0 Å². The maximum absolute atomic E-state index is 11.8. The van der Waals surface area contributed by atoms with Crippen LogP contribution in [0.4, 0.5) is 5.69 Å². The van der Waals surface area contributed by atoms with Gasteiger partial charge < -0.3 is 10.1 Å². The zero-order chi connectivity index (χ0) is 14.1. The average Bonchev–Trinajstić information content (AvgIpc) is 2.41. The van der Waals surface area contributed by atoms with E-state index in [9.17, 15) is 4.79 Å². The normalized spacial score (nSPS) is 10.4. The molecular weight excluding hydrogens is 266 g/mol. The molecule has 0 spiro atoms. The summed E-state index contributed by atoms with van der Waals surface area (Å²) in [5.41, 5.74) is 0.285. The van der Waals surface area contributed by atoms with Crippen LogP contribution in [0.1, 0.15) is 19.8 Å². The third kappa shape index (κ3) is 5.04. The van der Waals surface area contributed by atoms with Gasteiger partial charge in [-0.3, -0.25) is 4.79 Å². The molecule has 106 valence electrons. The Morgan fingerprint density at radius 2 is 2.37 bits per heavy atom. The van der Waals surface area contributed by atoms with Gasteiger partial charge in [0.05, 0.1) is 25.1 Å². The van der Waals surface area contributed by atoms with Crippen molar-refractivity contribution in [2.75, 3.05) is 25.1 Å². The van der Waals surface area contributed by atoms with Crippen molar-refractivity contribution in [3.63, 3.8) is 0 Å². The van der Waals surface area contributed by atoms with Gasteiger partial charge in [-0.1, -0.05) is 24.6 Å². The highest BCUT2D eigenvalue weighted by molar-refractivity contribution is 6.32. The molecule has 0 amide bonds. The molecule has 0 radical (unpaired) electrons. The summed E-state index contributed by atoms with van der Waals surface area (Å²) < 4.78 is 6.72. The minimum absolute atomic E-state index is 0.176. The first kappa shape index (κ1) is 15.7. The Labute approximate surface area is 118 Å². The van der Waals surface area contributed by atoms with Crippen LogP contribution in [0, 0.1) is 0 Å². The summed E-state index contributed by atoms with van der Waals surface area (Å²) in [7, 11) is 0. The Balaban J connectivity index is 2.48. The van der Waals surface area contributed by atoms with Crippen molar-refractivity contribution in [2.24, 2.45) is 0 Å². The lowest BCUT2D eigenvalue weighted by molar-refractivity contribution is 0.149. The zero-order valence-corrected chi connectivity index (χ0v) is 11.9. The standard InChI is InChI=1S/C13H20ClN3O2/c1-3-5-8-19-9-6-15-11-10-16-17(7-4-2)13(18)12(11)14/h3,10,15H,1,4-9H2,2H3. The smallest absolute Gasteiger partial charge is 0.287 e. The number of aromatic nitrogens is 2. The van der Waals surface area contributed by atoms with Gasteiger partial charge >= 0.3 is 0 Å². The van der Waals surface area contributed by atoms with Gasteiger partial charge in [0.15, 0.2) is 0 Å². The molecule has 1 N–H and O–H groups in total. The summed E-state index contributed by atoms with van der Waals surface area (Å²) in [4.78, 5) is 11.8. The van der Waals surface area contributed by atoms with Gasteiger partial charge in [-0.15, -0.1) is 6.58 Å². The first-order valence-electron chi connectivity index (χ1n) is 6.38. The van der Waals surface area contributed by atoms with Crippen molar-refractivity contribution in [3.05, 3.63) is 34.2 Å². The van der Waals surface area contributed by atoms with Crippen LogP contribution in [0.25, 0.3) is 0 Å². The third-order valence-corrected chi connectivity index (χ3v) is 2.81. The second-order valence-electron chi connectivity index (χ2n) is 4.02. The first-order chi connectivity index (χ1) is 9.20. The number of halogens is 1. The molecule has 5 nitrogen and oxygen atoms in total. The van der Waals surface area contributed by atoms with Crippen molar-refractivity contribution >= 4 is 17.3 Å². The molecule has 0 atom stereocenters. The predicted octanol–water partition coefficient (Wildman–Crippen LogP) is 2.31. The SMILES string of the molecule is C=CCCOCCNc1cnn(CCC)c(=O)c1Cl. The fourth-order valence-corrected chi connectivity index (χ4v) is 1.70. The van der Waals surface area contributed by atoms with Crippen LogP contribution in [0.5, 0.6) is 0 Å². The monoisotopic (exact) mass is 285 g/mol. The van der Waals surface area contributed by atoms with E-state index in [1.54, 1.807) is 6.20 Å². The van der Waals surface area contributed by atoms with E-state index < -0.39 is 0 Å². The summed E-state index contributed by atoms with van der Waals surface area (Å²) in [6.45, 7) is 7.94. The molecule has 6 heteroatoms. The number of nitrogens with zero attached hydrogens (tertiary/aromatic N) is 2. The van der Waals surface area contributed by atoms with E-state index in [4.69, 9.17) is 16.3 Å². The largest absolute Gasteiger partial charge is 0.380 e. The molecular formula is C13H20ClN3O2. The molecule has 19 heavy (non-hydrogen) atoms. The van der Waals surface area contributed by atoms with Crippen LogP contribution in [0.2, 0.25) is 5.02 Å². The molecule has 1 aromatic heterocycles. The highest BCUT2D eigenvalue weighted by Gasteiger charge is 2.08. The summed E-state index contributed by atoms with van der Waals surface area (Å²) in [5.74, 6) is 0. The number of rotatable bonds is 9. The van der Waals surface area contributed by atoms with Crippen molar-refractivity contribution < 1.29 is 4.74 Å². The molecule has 0 aliphatic heterocycles. The highest BCUT2D eigenvalue weighted by Crippen LogP contribution is 2.14. The number of anilines is 1. The van der Waals surface area contributed by atoms with Crippen LogP contribution < -0.4 is 10.9 Å². The molecule has 0 aliphatic rings. The van der Waals surface area contributed by atoms with Gasteiger partial charge in [0.2, 0.25) is 0 Å². The lowest BCUT2D eigenvalue weighted by Gasteiger charge is -2.09. The van der Waals surface area contributed by atoms with E-state index in [0.717, 1.165) is 12.8 Å². The van der Waals surface area contributed by atoms with Gasteiger partial charge in [-0.05, 0) is 12.8 Å². The molecule has 1 rings (SSSR count). The average molecular weight is 286 g/mol. The minimum Gasteiger partial charge on any atom is -0.380 e. The second kappa shape index (κ2) is 8.72. The topological polar surface area (TPSA) is 56.1 Å². The molecule has 0 aromatic carbocycles. The molecule has 1 heterocycles. The van der Waals surface area contributed by atoms with Crippen molar-refractivity contribution in [2.45, 2.75) is 26.3 Å². The predicted molar refractivity (Wildman–Crippen MR) is 77.9 cm³/mol. The summed E-state index contributed by atoms with van der Waals surface area (Å²) >= 11 is 6.01. The van der Waals surface area contributed by atoms with Gasteiger partial charge in [0.25, 0.3) is 5.56 Å². The lowest BCUT2D eigenvalue weighted by atomic mass is 10.4. The van der Waals surface area contributed by atoms with Gasteiger partial charge in [0.1, 0.15) is 5.02 Å². The van der Waals surface area contributed by atoms with Crippen LogP contribution in [-0.2, 0) is 11.3 Å². The molecule has 0 aliphatic carbocycles. The van der Waals surface area contributed by atoms with Crippen LogP contribution in [0.15, 0.2) is 23.6 Å². The van der Waals surface area contributed by atoms with E-state index in [1.807, 2.05) is 13.0 Å². The van der Waals surface area contributed by atoms with E-state index in [1.165, 1.54) is 4.68 Å². The summed E-state index contributed by atoms with van der Waals surface area (Å²) in [6, 6.07) is 0. The van der Waals surface area contributed by atoms with E-state index in [0.29, 0.717) is 32.0 Å². The Hall–Kier alpha value is -1.33. The molecule has 0 fully saturated rings. The molecule has 1 aromatic rings. The van der Waals surface area contributed by atoms with E-state index >= 15 is 0 Å². The maximum atomic E-state index is 11.8. The Bertz CT molecular complexity index is 460. The first-order valence-corrected chi connectivity index (χ1v) is 6.76. The minimum atomic E-state index is -0.263. The Morgan fingerprint density at radius 3 is 3.05 bits per heavy atom. The van der Waals surface area contributed by atoms with Crippen LogP contribution >= 0.6 is 11.6 Å². The molecule has 0 saturated heterocycles. The van der Waals surface area contributed by atoms with Crippen molar-refractivity contribution in [1.29, 1.82) is 0 Å². The van der Waals surface area contributed by atoms with E-state index in [2.05, 4.69) is 17.0 Å². The van der Waals surface area contributed by atoms with Gasteiger partial charge in [0, 0.05) is 13.1 Å². The van der Waals surface area contributed by atoms with Gasteiger partial charge in [-0.25, -0.2) is 4.68 Å². The number of ether oxygens (including phenoxy) is 1. The van der Waals surface area contributed by atoms with Crippen LogP contribution in [-0.4, -0.2) is 29.5 Å². The number of nitrogens with one attached hydrogen (secondary N) is 1.